The number of rotatable bonds is 17. The third-order valence-electron chi connectivity index (χ3n) is 26.3. The summed E-state index contributed by atoms with van der Waals surface area (Å²) in [5.74, 6) is 6.26. The van der Waals surface area contributed by atoms with Gasteiger partial charge in [-0.25, -0.2) is 4.79 Å². The summed E-state index contributed by atoms with van der Waals surface area (Å²) < 4.78 is 52.9. The maximum Gasteiger partial charge on any atom is 0.410 e. The van der Waals surface area contributed by atoms with Crippen LogP contribution >= 0.6 is 47.0 Å². The van der Waals surface area contributed by atoms with E-state index in [-0.39, 0.29) is 34.4 Å². The van der Waals surface area contributed by atoms with E-state index in [0.717, 1.165) is 281 Å². The molecule has 0 radical (unpaired) electrons. The van der Waals surface area contributed by atoms with Crippen LogP contribution in [0.25, 0.3) is 45.0 Å². The van der Waals surface area contributed by atoms with E-state index in [2.05, 4.69) is 145 Å². The molecule has 33 heteroatoms. The fourth-order valence-corrected chi connectivity index (χ4v) is 23.3. The lowest BCUT2D eigenvalue weighted by atomic mass is 10.1. The summed E-state index contributed by atoms with van der Waals surface area (Å²) in [6.45, 7) is 23.7. The van der Waals surface area contributed by atoms with E-state index >= 15 is 0 Å². The molecule has 7 saturated heterocycles. The lowest BCUT2D eigenvalue weighted by molar-refractivity contribution is 0.0293. The lowest BCUT2D eigenvalue weighted by Crippen LogP contribution is -2.36. The maximum atomic E-state index is 12.6. The number of anilines is 8. The number of ether oxygens (including phenoxy) is 9. The average Bonchev–Trinajstić information content (AvgIpc) is 0.829. The van der Waals surface area contributed by atoms with Crippen LogP contribution in [0.1, 0.15) is 45.6 Å². The van der Waals surface area contributed by atoms with Crippen LogP contribution in [0.2, 0.25) is 0 Å². The van der Waals surface area contributed by atoms with Gasteiger partial charge in [0.25, 0.3) is 0 Å². The standard InChI is InChI=1S/C33H34N4O3S.C30H34N4O5S.C25H26N4O3S.C21H19N3O3S/c38-32-21-26(37-15-17-39-18-16-37)20-28(35-32)27-7-4-8-30-33(27)40-29-10-9-24(19-31(29)41-30)34-25-12-14-36(22-25)13-11-23-5-2-1-3-6-23;1-30(2,3)39-29(36)34-10-9-20(18-34)31-19-7-8-24-26(15-19)40-25-6-4-5-22(28(25)38-24)23-16-21(17-27(35)32-23)33-11-13-37-14-12-33;30-24-14-18(29-8-10-31-11-9-29)13-20(28-24)19-2-1-3-22-25(19)32-21-5-4-16(12-23(21)33-22)27-17-6-7-26-15-17;22-13-4-5-17-19(10-13)28-18-3-1-2-15(21(18)27-17)16-11-14(12-20(25)23-16)24-6-8-26-9-7-24/h1-10,19-21,25,34H,11-18,22H2,(H,35,38);4-8,15-17,20,31H,9-14,18H2,1-3H3,(H,32,35);1-5,12-14,17,26-27H,6-11,15H2,(H,28,30);1-5,10-12H,6-9,22H2,(H,23,25). The van der Waals surface area contributed by atoms with Gasteiger partial charge in [-0.2, -0.15) is 0 Å². The molecule has 0 bridgehead atoms. The minimum atomic E-state index is -0.505. The molecule has 15 heterocycles. The zero-order valence-corrected chi connectivity index (χ0v) is 82.6. The molecule has 0 saturated carbocycles. The van der Waals surface area contributed by atoms with Gasteiger partial charge in [0.05, 0.1) is 115 Å². The van der Waals surface area contributed by atoms with Crippen LogP contribution in [-0.2, 0) is 30.1 Å². The van der Waals surface area contributed by atoms with Gasteiger partial charge in [-0.1, -0.05) is 102 Å². The third kappa shape index (κ3) is 22.6. The third-order valence-corrected chi connectivity index (χ3v) is 30.6. The van der Waals surface area contributed by atoms with E-state index in [4.69, 9.17) is 48.4 Å². The van der Waals surface area contributed by atoms with Crippen LogP contribution in [0.3, 0.4) is 0 Å². The number of nitrogens with zero attached hydrogens (tertiary/aromatic N) is 6. The first-order valence-corrected chi connectivity index (χ1v) is 51.9. The molecule has 11 aliphatic rings. The largest absolute Gasteiger partial charge is 0.454 e. The molecule has 9 aromatic carbocycles. The zero-order valence-electron chi connectivity index (χ0n) is 79.3. The number of benzene rings is 9. The number of fused-ring (bicyclic) bond motifs is 8. The number of para-hydroxylation sites is 4. The SMILES string of the molecule is CC(C)(C)OC(=O)N1CCC(Nc2ccc3c(c2)Sc2cccc(-c4cc(N5CCOCC5)cc(=O)[nH]4)c2O3)C1.Nc1ccc2c(c1)Sc1cccc(-c3cc(N4CCOCC4)cc(=O)[nH]3)c1O2.O=c1cc(N2CCOCC2)cc(-c2cccc3c2Oc2ccc(NC4CCN(CCc5ccccc5)C4)cc2S3)[nH]1.O=c1cc(N2CCOCC2)cc(-c2cccc3c2Oc2ccc(NC4CCNC4)cc2S3)[nH]1. The van der Waals surface area contributed by atoms with Crippen LogP contribution in [0.15, 0.2) is 283 Å². The van der Waals surface area contributed by atoms with Crippen molar-refractivity contribution < 1.29 is 47.4 Å². The molecule has 10 N–H and O–H groups in total. The van der Waals surface area contributed by atoms with Crippen molar-refractivity contribution in [1.82, 2.24) is 35.1 Å². The number of nitrogens with one attached hydrogen (secondary N) is 8. The number of morpholine rings is 4. The van der Waals surface area contributed by atoms with Crippen LogP contribution in [0, 0.1) is 0 Å². The molecule has 0 aliphatic carbocycles. The first-order valence-electron chi connectivity index (χ1n) is 48.6. The molecule has 13 aromatic rings. The van der Waals surface area contributed by atoms with Crippen molar-refractivity contribution in [3.63, 3.8) is 0 Å². The number of H-pyrrole nitrogens is 4. The minimum Gasteiger partial charge on any atom is -0.454 e. The van der Waals surface area contributed by atoms with Gasteiger partial charge in [0, 0.05) is 202 Å². The predicted molar refractivity (Wildman–Crippen MR) is 562 cm³/mol. The van der Waals surface area contributed by atoms with Gasteiger partial charge in [0.15, 0.2) is 23.0 Å². The highest BCUT2D eigenvalue weighted by Gasteiger charge is 2.34. The van der Waals surface area contributed by atoms with E-state index in [1.54, 1.807) is 76.2 Å². The van der Waals surface area contributed by atoms with E-state index in [9.17, 15) is 24.0 Å². The van der Waals surface area contributed by atoms with Crippen LogP contribution in [0.4, 0.5) is 50.3 Å². The second-order valence-corrected chi connectivity index (χ2v) is 41.8. The van der Waals surface area contributed by atoms with Gasteiger partial charge >= 0.3 is 6.09 Å². The second-order valence-electron chi connectivity index (χ2n) is 37.5. The number of hydrogen-bond donors (Lipinski definition) is 9. The zero-order chi connectivity index (χ0) is 96.7. The van der Waals surface area contributed by atoms with E-state index in [1.807, 2.05) is 142 Å². The summed E-state index contributed by atoms with van der Waals surface area (Å²) >= 11 is 6.67. The maximum absolute atomic E-state index is 12.6. The fraction of sp³-hybridized carbons (Fsp3) is 0.312. The molecule has 3 unspecified atom stereocenters. The number of nitrogens with two attached hydrogens (primary N) is 1. The Bertz CT molecular complexity index is 7050. The van der Waals surface area contributed by atoms with Crippen molar-refractivity contribution in [3.05, 3.63) is 271 Å². The molecule has 7 fully saturated rings. The van der Waals surface area contributed by atoms with E-state index in [1.165, 1.54) is 5.56 Å². The topological polar surface area (TPSA) is 325 Å². The molecule has 0 spiro atoms. The van der Waals surface area contributed by atoms with Crippen molar-refractivity contribution >= 4 is 98.6 Å². The van der Waals surface area contributed by atoms with Gasteiger partial charge in [0.2, 0.25) is 22.2 Å². The van der Waals surface area contributed by atoms with Crippen molar-refractivity contribution in [1.29, 1.82) is 0 Å². The summed E-state index contributed by atoms with van der Waals surface area (Å²) in [5, 5.41) is 14.3. The second kappa shape index (κ2) is 42.9. The summed E-state index contributed by atoms with van der Waals surface area (Å²) in [6, 6.07) is 75.0. The number of carbonyl (C=O) groups is 1. The highest BCUT2D eigenvalue weighted by atomic mass is 32.2. The van der Waals surface area contributed by atoms with E-state index < -0.39 is 5.60 Å². The van der Waals surface area contributed by atoms with Crippen molar-refractivity contribution in [2.45, 2.75) is 109 Å². The molecule has 24 rings (SSSR count). The Hall–Kier alpha value is -13.2. The summed E-state index contributed by atoms with van der Waals surface area (Å²) in [7, 11) is 0. The summed E-state index contributed by atoms with van der Waals surface area (Å²) in [5.41, 5.74) is 20.3. The number of pyridine rings is 4. The Kier molecular flexibility index (Phi) is 28.7. The Morgan fingerprint density at radius 1 is 0.380 bits per heavy atom. The Morgan fingerprint density at radius 3 is 1.10 bits per heavy atom. The molecule has 1 amide bonds. The molecular weight excluding hydrogens is 1870 g/mol. The number of nitrogen functional groups attached to an aromatic ring is 1. The summed E-state index contributed by atoms with van der Waals surface area (Å²) in [4.78, 5) is 95.8. The van der Waals surface area contributed by atoms with Gasteiger partial charge < -0.3 is 119 Å². The Morgan fingerprint density at radius 2 is 0.732 bits per heavy atom. The first-order chi connectivity index (χ1) is 69.3. The normalized spacial score (nSPS) is 18.1. The molecule has 4 aromatic heterocycles. The Balaban J connectivity index is 0.000000113. The smallest absolute Gasteiger partial charge is 0.410 e. The van der Waals surface area contributed by atoms with Gasteiger partial charge in [-0.15, -0.1) is 0 Å². The van der Waals surface area contributed by atoms with Crippen molar-refractivity contribution in [3.8, 4) is 91.0 Å². The van der Waals surface area contributed by atoms with E-state index in [0.29, 0.717) is 83.7 Å². The Labute approximate surface area is 839 Å². The monoisotopic (exact) mass is 1980 g/mol. The number of likely N-dealkylation sites (tertiary alicyclic amines) is 2. The number of hydrogen-bond acceptors (Lipinski definition) is 28. The van der Waals surface area contributed by atoms with Crippen LogP contribution < -0.4 is 87.8 Å². The minimum absolute atomic E-state index is 0.118. The van der Waals surface area contributed by atoms with Crippen LogP contribution in [0.5, 0.6) is 46.0 Å². The molecule has 29 nitrogen and oxygen atoms in total. The van der Waals surface area contributed by atoms with Crippen molar-refractivity contribution in [2.24, 2.45) is 0 Å². The summed E-state index contributed by atoms with van der Waals surface area (Å²) in [6.07, 6.45) is 3.95. The molecule has 732 valence electrons. The fourth-order valence-electron chi connectivity index (χ4n) is 19.2. The number of aromatic nitrogens is 4. The molecule has 11 aliphatic heterocycles. The first kappa shape index (κ1) is 95.0. The lowest BCUT2D eigenvalue weighted by Gasteiger charge is -2.29. The average molecular weight is 1990 g/mol. The van der Waals surface area contributed by atoms with Gasteiger partial charge in [-0.3, -0.25) is 19.2 Å². The van der Waals surface area contributed by atoms with Gasteiger partial charge in [-0.05, 0) is 204 Å². The number of aromatic amines is 4. The molecule has 3 atom stereocenters. The molecule has 142 heavy (non-hydrogen) atoms. The quantitative estimate of drug-likeness (QED) is 0.0382. The van der Waals surface area contributed by atoms with Gasteiger partial charge in [0.1, 0.15) is 28.6 Å². The van der Waals surface area contributed by atoms with Crippen molar-refractivity contribution in [2.75, 3.05) is 192 Å². The highest BCUT2D eigenvalue weighted by Crippen LogP contribution is 2.56. The number of amides is 1. The highest BCUT2D eigenvalue weighted by molar-refractivity contribution is 8.00. The number of carbonyl (C=O) groups excluding carboxylic acids is 1. The predicted octanol–water partition coefficient (Wildman–Crippen LogP) is 19.0. The van der Waals surface area contributed by atoms with Crippen LogP contribution in [-0.4, -0.2) is 211 Å². The molecular formula is C109H113N15O14S4.